The number of primary amides is 1. The van der Waals surface area contributed by atoms with Gasteiger partial charge in [-0.2, -0.15) is 0 Å². The van der Waals surface area contributed by atoms with Crippen LogP contribution in [0.5, 0.6) is 0 Å². The minimum absolute atomic E-state index is 0.154. The summed E-state index contributed by atoms with van der Waals surface area (Å²) in [5.41, 5.74) is 6.06. The van der Waals surface area contributed by atoms with Crippen LogP contribution in [0.15, 0.2) is 47.4 Å². The number of nitrogens with two attached hydrogens (primary N) is 1. The van der Waals surface area contributed by atoms with Gasteiger partial charge in [-0.3, -0.25) is 14.3 Å². The number of nitrogens with zero attached hydrogens (tertiary/aromatic N) is 1. The molecule has 0 unspecified atom stereocenters. The lowest BCUT2D eigenvalue weighted by Gasteiger charge is -2.22. The fourth-order valence-electron chi connectivity index (χ4n) is 3.14. The van der Waals surface area contributed by atoms with E-state index in [1.54, 1.807) is 0 Å². The largest absolute Gasteiger partial charge is 0.368 e. The number of carbonyl (C=O) groups excluding carboxylic acids is 2. The van der Waals surface area contributed by atoms with Crippen LogP contribution in [0.2, 0.25) is 0 Å². The van der Waals surface area contributed by atoms with Gasteiger partial charge in [0.1, 0.15) is 11.9 Å². The highest BCUT2D eigenvalue weighted by molar-refractivity contribution is 7.92. The summed E-state index contributed by atoms with van der Waals surface area (Å²) in [6.45, 7) is 1.94. The fourth-order valence-corrected chi connectivity index (χ4v) is 4.20. The van der Waals surface area contributed by atoms with Gasteiger partial charge in [-0.25, -0.2) is 12.8 Å². The molecule has 1 saturated heterocycles. The topological polar surface area (TPSA) is 110 Å². The van der Waals surface area contributed by atoms with Gasteiger partial charge in [0.15, 0.2) is 0 Å². The Morgan fingerprint density at radius 3 is 2.64 bits per heavy atom. The lowest BCUT2D eigenvalue weighted by Crippen LogP contribution is -2.43. The Balaban J connectivity index is 1.84. The van der Waals surface area contributed by atoms with Crippen LogP contribution in [0.1, 0.15) is 28.8 Å². The zero-order valence-electron chi connectivity index (χ0n) is 15.2. The first-order valence-corrected chi connectivity index (χ1v) is 10.2. The van der Waals surface area contributed by atoms with Crippen LogP contribution in [0, 0.1) is 12.7 Å². The summed E-state index contributed by atoms with van der Waals surface area (Å²) >= 11 is 0. The molecule has 3 rings (SSSR count). The first-order valence-electron chi connectivity index (χ1n) is 8.68. The van der Waals surface area contributed by atoms with Crippen molar-refractivity contribution in [3.05, 3.63) is 59.4 Å². The third kappa shape index (κ3) is 3.99. The van der Waals surface area contributed by atoms with Crippen molar-refractivity contribution < 1.29 is 22.4 Å². The molecule has 1 aliphatic rings. The molecular weight excluding hydrogens is 385 g/mol. The second kappa shape index (κ2) is 7.59. The number of sulfonamides is 1. The summed E-state index contributed by atoms with van der Waals surface area (Å²) in [5, 5.41) is 0. The Hall–Kier alpha value is -2.94. The summed E-state index contributed by atoms with van der Waals surface area (Å²) in [7, 11) is -4.03. The molecule has 7 nitrogen and oxygen atoms in total. The van der Waals surface area contributed by atoms with Gasteiger partial charge >= 0.3 is 0 Å². The van der Waals surface area contributed by atoms with Crippen LogP contribution in [0.25, 0.3) is 0 Å². The van der Waals surface area contributed by atoms with Crippen molar-refractivity contribution in [3.8, 4) is 0 Å². The molecule has 0 aromatic heterocycles. The van der Waals surface area contributed by atoms with Gasteiger partial charge in [0, 0.05) is 17.8 Å². The maximum absolute atomic E-state index is 13.7. The van der Waals surface area contributed by atoms with Gasteiger partial charge in [-0.1, -0.05) is 12.1 Å². The zero-order chi connectivity index (χ0) is 20.5. The monoisotopic (exact) mass is 405 g/mol. The summed E-state index contributed by atoms with van der Waals surface area (Å²) < 4.78 is 41.1. The van der Waals surface area contributed by atoms with E-state index in [9.17, 15) is 22.4 Å². The third-order valence-electron chi connectivity index (χ3n) is 4.66. The van der Waals surface area contributed by atoms with Gasteiger partial charge in [0.05, 0.1) is 4.90 Å². The Kier molecular flexibility index (Phi) is 5.37. The first-order chi connectivity index (χ1) is 13.2. The molecule has 1 aliphatic heterocycles. The van der Waals surface area contributed by atoms with E-state index in [2.05, 4.69) is 4.72 Å². The predicted molar refractivity (Wildman–Crippen MR) is 102 cm³/mol. The fraction of sp³-hybridized carbons (Fsp3) is 0.263. The quantitative estimate of drug-likeness (QED) is 0.793. The second-order valence-corrected chi connectivity index (χ2v) is 8.34. The van der Waals surface area contributed by atoms with Crippen molar-refractivity contribution in [2.45, 2.75) is 30.7 Å². The van der Waals surface area contributed by atoms with Crippen LogP contribution in [-0.2, 0) is 14.8 Å². The van der Waals surface area contributed by atoms with Crippen molar-refractivity contribution in [3.63, 3.8) is 0 Å². The number of benzene rings is 2. The van der Waals surface area contributed by atoms with E-state index in [1.165, 1.54) is 48.2 Å². The zero-order valence-corrected chi connectivity index (χ0v) is 16.0. The van der Waals surface area contributed by atoms with E-state index >= 15 is 0 Å². The number of aryl methyl sites for hydroxylation is 1. The van der Waals surface area contributed by atoms with Gasteiger partial charge in [0.25, 0.3) is 15.9 Å². The van der Waals surface area contributed by atoms with Crippen LogP contribution < -0.4 is 10.5 Å². The lowest BCUT2D eigenvalue weighted by molar-refractivity contribution is -0.121. The minimum Gasteiger partial charge on any atom is -0.368 e. The molecule has 9 heteroatoms. The number of halogens is 1. The van der Waals surface area contributed by atoms with Crippen molar-refractivity contribution >= 4 is 27.5 Å². The Labute approximate surface area is 162 Å². The molecule has 0 aliphatic carbocycles. The maximum atomic E-state index is 13.7. The molecule has 2 aromatic rings. The third-order valence-corrected chi connectivity index (χ3v) is 6.04. The molecule has 1 atom stereocenters. The molecule has 1 heterocycles. The highest BCUT2D eigenvalue weighted by Crippen LogP contribution is 2.23. The number of nitrogens with one attached hydrogen (secondary N) is 1. The summed E-state index contributed by atoms with van der Waals surface area (Å²) in [4.78, 5) is 25.4. The van der Waals surface area contributed by atoms with E-state index in [0.717, 1.165) is 6.07 Å². The molecule has 1 fully saturated rings. The Morgan fingerprint density at radius 1 is 1.21 bits per heavy atom. The normalized spacial score (nSPS) is 16.8. The van der Waals surface area contributed by atoms with Crippen molar-refractivity contribution in [2.24, 2.45) is 5.73 Å². The average Bonchev–Trinajstić information content (AvgIpc) is 3.13. The Morgan fingerprint density at radius 2 is 1.96 bits per heavy atom. The first kappa shape index (κ1) is 19.8. The molecule has 0 spiro atoms. The number of anilines is 1. The van der Waals surface area contributed by atoms with Crippen LogP contribution in [-0.4, -0.2) is 37.7 Å². The molecular formula is C19H20FN3O4S. The SMILES string of the molecule is Cc1ccc(S(=O)(=O)Nc2cccc(C(=O)N3CCC[C@@H]3C(N)=O)c2)cc1F. The van der Waals surface area contributed by atoms with Gasteiger partial charge < -0.3 is 10.6 Å². The number of hydrogen-bond donors (Lipinski definition) is 2. The van der Waals surface area contributed by atoms with E-state index in [1.807, 2.05) is 0 Å². The maximum Gasteiger partial charge on any atom is 0.261 e. The molecule has 0 saturated carbocycles. The summed E-state index contributed by atoms with van der Waals surface area (Å²) in [5.74, 6) is -1.59. The standard InChI is InChI=1S/C19H20FN3O4S/c1-12-7-8-15(11-16(12)20)28(26,27)22-14-5-2-4-13(10-14)19(25)23-9-3-6-17(23)18(21)24/h2,4-5,7-8,10-11,17,22H,3,6,9H2,1H3,(H2,21,24)/t17-/m1/s1. The number of amides is 2. The predicted octanol–water partition coefficient (Wildman–Crippen LogP) is 2.02. The second-order valence-electron chi connectivity index (χ2n) is 6.66. The van der Waals surface area contributed by atoms with Gasteiger partial charge in [-0.05, 0) is 55.7 Å². The molecule has 0 bridgehead atoms. The molecule has 3 N–H and O–H groups in total. The smallest absolute Gasteiger partial charge is 0.261 e. The summed E-state index contributed by atoms with van der Waals surface area (Å²) in [6, 6.07) is 8.86. The van der Waals surface area contributed by atoms with E-state index in [4.69, 9.17) is 5.73 Å². The van der Waals surface area contributed by atoms with Crippen LogP contribution >= 0.6 is 0 Å². The van der Waals surface area contributed by atoms with Gasteiger partial charge in [0.2, 0.25) is 5.91 Å². The van der Waals surface area contributed by atoms with Crippen molar-refractivity contribution in [1.82, 2.24) is 4.90 Å². The molecule has 2 aromatic carbocycles. The van der Waals surface area contributed by atoms with Crippen LogP contribution in [0.4, 0.5) is 10.1 Å². The molecule has 28 heavy (non-hydrogen) atoms. The number of carbonyl (C=O) groups is 2. The minimum atomic E-state index is -4.03. The number of likely N-dealkylation sites (tertiary alicyclic amines) is 1. The molecule has 2 amide bonds. The van der Waals surface area contributed by atoms with E-state index in [0.29, 0.717) is 24.9 Å². The molecule has 0 radical (unpaired) electrons. The van der Waals surface area contributed by atoms with E-state index < -0.39 is 33.7 Å². The number of rotatable bonds is 5. The van der Waals surface area contributed by atoms with Gasteiger partial charge in [-0.15, -0.1) is 0 Å². The van der Waals surface area contributed by atoms with Crippen LogP contribution in [0.3, 0.4) is 0 Å². The highest BCUT2D eigenvalue weighted by Gasteiger charge is 2.33. The summed E-state index contributed by atoms with van der Waals surface area (Å²) in [6.07, 6.45) is 1.18. The van der Waals surface area contributed by atoms with E-state index in [-0.39, 0.29) is 16.1 Å². The lowest BCUT2D eigenvalue weighted by atomic mass is 10.1. The van der Waals surface area contributed by atoms with Crippen molar-refractivity contribution in [2.75, 3.05) is 11.3 Å². The number of hydrogen-bond acceptors (Lipinski definition) is 4. The van der Waals surface area contributed by atoms with Crippen molar-refractivity contribution in [1.29, 1.82) is 0 Å². The highest BCUT2D eigenvalue weighted by atomic mass is 32.2. The Bertz CT molecular complexity index is 1040. The average molecular weight is 405 g/mol. The molecule has 148 valence electrons.